The van der Waals surface area contributed by atoms with Gasteiger partial charge in [-0.15, -0.1) is 0 Å². The van der Waals surface area contributed by atoms with Crippen LogP contribution < -0.4 is 0 Å². The van der Waals surface area contributed by atoms with Gasteiger partial charge in [0.05, 0.1) is 0 Å². The fraction of sp³-hybridized carbons (Fsp3) is 0.714. The lowest BCUT2D eigenvalue weighted by molar-refractivity contribution is -0.151. The lowest BCUT2D eigenvalue weighted by atomic mass is 10.4. The van der Waals surface area contributed by atoms with Crippen molar-refractivity contribution in [1.29, 1.82) is 0 Å². The lowest BCUT2D eigenvalue weighted by Gasteiger charge is -2.20. The van der Waals surface area contributed by atoms with E-state index in [9.17, 15) is 9.59 Å². The Morgan fingerprint density at radius 1 is 1.58 bits per heavy atom. The van der Waals surface area contributed by atoms with Crippen molar-refractivity contribution >= 4 is 12.1 Å². The lowest BCUT2D eigenvalue weighted by Crippen LogP contribution is -2.36. The maximum Gasteiger partial charge on any atom is 0.410 e. The van der Waals surface area contributed by atoms with Gasteiger partial charge in [-0.3, -0.25) is 9.69 Å². The van der Waals surface area contributed by atoms with E-state index in [-0.39, 0.29) is 0 Å². The van der Waals surface area contributed by atoms with Gasteiger partial charge in [-0.05, 0) is 6.42 Å². The summed E-state index contributed by atoms with van der Waals surface area (Å²) in [5.74, 6) is -0.437. The predicted octanol–water partition coefficient (Wildman–Crippen LogP) is 0.649. The molecule has 1 amide bonds. The van der Waals surface area contributed by atoms with Crippen LogP contribution in [0.2, 0.25) is 0 Å². The average molecular weight is 173 g/mol. The molecule has 1 heterocycles. The Hall–Kier alpha value is -1.26. The van der Waals surface area contributed by atoms with E-state index >= 15 is 0 Å². The van der Waals surface area contributed by atoms with Crippen molar-refractivity contribution in [2.45, 2.75) is 26.0 Å². The molecule has 5 heteroatoms. The molecule has 1 saturated heterocycles. The number of nitrogens with zero attached hydrogens (tertiary/aromatic N) is 1. The van der Waals surface area contributed by atoms with Gasteiger partial charge in [0.25, 0.3) is 0 Å². The number of hydrogen-bond donors (Lipinski definition) is 1. The van der Waals surface area contributed by atoms with E-state index in [1.54, 1.807) is 0 Å². The second kappa shape index (κ2) is 3.42. The van der Waals surface area contributed by atoms with E-state index in [0.29, 0.717) is 13.0 Å². The summed E-state index contributed by atoms with van der Waals surface area (Å²) in [5, 5.41) is 8.63. The predicted molar refractivity (Wildman–Crippen MR) is 39.5 cm³/mol. The van der Waals surface area contributed by atoms with Gasteiger partial charge in [-0.25, -0.2) is 4.79 Å². The largest absolute Gasteiger partial charge is 0.465 e. The molecule has 68 valence electrons. The summed E-state index contributed by atoms with van der Waals surface area (Å²) in [7, 11) is 0. The molecule has 0 aromatic heterocycles. The fourth-order valence-corrected chi connectivity index (χ4v) is 1.27. The zero-order chi connectivity index (χ0) is 9.14. The summed E-state index contributed by atoms with van der Waals surface area (Å²) in [6.45, 7) is 1.73. The molecule has 1 unspecified atom stereocenters. The summed E-state index contributed by atoms with van der Waals surface area (Å²) in [4.78, 5) is 22.2. The Bertz CT molecular complexity index is 204. The minimum absolute atomic E-state index is 0.437. The van der Waals surface area contributed by atoms with Crippen LogP contribution in [0.25, 0.3) is 0 Å². The molecular weight excluding hydrogens is 162 g/mol. The Labute approximate surface area is 69.9 Å². The number of likely N-dealkylation sites (tertiary alicyclic amines) is 1. The molecule has 1 N–H and O–H groups in total. The number of carbonyl (C=O) groups is 2. The Morgan fingerprint density at radius 3 is 2.75 bits per heavy atom. The normalized spacial score (nSPS) is 22.4. The number of amides is 1. The third-order valence-electron chi connectivity index (χ3n) is 1.75. The van der Waals surface area contributed by atoms with Gasteiger partial charge in [-0.2, -0.15) is 0 Å². The van der Waals surface area contributed by atoms with Gasteiger partial charge in [0.2, 0.25) is 0 Å². The van der Waals surface area contributed by atoms with Crippen molar-refractivity contribution in [2.24, 2.45) is 0 Å². The molecule has 0 bridgehead atoms. The highest BCUT2D eigenvalue weighted by atomic mass is 16.6. The van der Waals surface area contributed by atoms with Gasteiger partial charge < -0.3 is 9.84 Å². The van der Waals surface area contributed by atoms with E-state index in [2.05, 4.69) is 0 Å². The Morgan fingerprint density at radius 2 is 2.25 bits per heavy atom. The van der Waals surface area contributed by atoms with Crippen molar-refractivity contribution in [1.82, 2.24) is 4.90 Å². The molecule has 0 aromatic carbocycles. The van der Waals surface area contributed by atoms with E-state index in [4.69, 9.17) is 9.84 Å². The quantitative estimate of drug-likeness (QED) is 0.591. The Balaban J connectivity index is 2.52. The van der Waals surface area contributed by atoms with Gasteiger partial charge >= 0.3 is 12.1 Å². The van der Waals surface area contributed by atoms with Crippen molar-refractivity contribution in [3.8, 4) is 0 Å². The molecule has 1 atom stereocenters. The highest BCUT2D eigenvalue weighted by Gasteiger charge is 2.30. The number of hydrogen-bond acceptors (Lipinski definition) is 3. The molecule has 1 rings (SSSR count). The molecule has 0 saturated carbocycles. The van der Waals surface area contributed by atoms with Gasteiger partial charge in [0.1, 0.15) is 0 Å². The molecule has 0 spiro atoms. The molecule has 1 aliphatic heterocycles. The second-order valence-corrected chi connectivity index (χ2v) is 2.68. The highest BCUT2D eigenvalue weighted by molar-refractivity contribution is 5.68. The first-order valence-electron chi connectivity index (χ1n) is 3.78. The standard InChI is InChI=1S/C7H11NO4/c1-5(9)12-6-3-2-4-8(6)7(10)11/h6H,2-4H2,1H3,(H,10,11). The smallest absolute Gasteiger partial charge is 0.410 e. The minimum atomic E-state index is -1.03. The van der Waals surface area contributed by atoms with E-state index in [1.807, 2.05) is 0 Å². The maximum atomic E-state index is 10.5. The second-order valence-electron chi connectivity index (χ2n) is 2.68. The topological polar surface area (TPSA) is 66.8 Å². The fourth-order valence-electron chi connectivity index (χ4n) is 1.27. The third kappa shape index (κ3) is 1.87. The van der Waals surface area contributed by atoms with E-state index < -0.39 is 18.3 Å². The van der Waals surface area contributed by atoms with Crippen molar-refractivity contribution in [2.75, 3.05) is 6.54 Å². The molecule has 5 nitrogen and oxygen atoms in total. The van der Waals surface area contributed by atoms with Crippen LogP contribution in [0.5, 0.6) is 0 Å². The summed E-state index contributed by atoms with van der Waals surface area (Å²) in [6.07, 6.45) is -0.241. The monoisotopic (exact) mass is 173 g/mol. The number of ether oxygens (including phenoxy) is 1. The van der Waals surface area contributed by atoms with Crippen LogP contribution in [0.4, 0.5) is 4.79 Å². The van der Waals surface area contributed by atoms with Crippen LogP contribution in [0.15, 0.2) is 0 Å². The molecule has 1 fully saturated rings. The number of carbonyl (C=O) groups excluding carboxylic acids is 1. The van der Waals surface area contributed by atoms with Crippen molar-refractivity contribution in [3.63, 3.8) is 0 Å². The zero-order valence-electron chi connectivity index (χ0n) is 6.82. The molecule has 0 radical (unpaired) electrons. The van der Waals surface area contributed by atoms with Crippen LogP contribution in [-0.4, -0.2) is 34.8 Å². The van der Waals surface area contributed by atoms with Crippen molar-refractivity contribution < 1.29 is 19.4 Å². The maximum absolute atomic E-state index is 10.5. The summed E-state index contributed by atoms with van der Waals surface area (Å²) in [6, 6.07) is 0. The zero-order valence-corrected chi connectivity index (χ0v) is 6.82. The van der Waals surface area contributed by atoms with E-state index in [1.165, 1.54) is 6.92 Å². The summed E-state index contributed by atoms with van der Waals surface area (Å²) < 4.78 is 4.79. The first-order valence-corrected chi connectivity index (χ1v) is 3.78. The third-order valence-corrected chi connectivity index (χ3v) is 1.75. The highest BCUT2D eigenvalue weighted by Crippen LogP contribution is 2.17. The molecular formula is C7H11NO4. The first-order chi connectivity index (χ1) is 5.61. The van der Waals surface area contributed by atoms with Gasteiger partial charge in [0, 0.05) is 19.9 Å². The molecule has 12 heavy (non-hydrogen) atoms. The number of carboxylic acid groups (broad SMARTS) is 1. The Kier molecular flexibility index (Phi) is 2.52. The SMILES string of the molecule is CC(=O)OC1CCCN1C(=O)O. The summed E-state index contributed by atoms with van der Waals surface area (Å²) >= 11 is 0. The van der Waals surface area contributed by atoms with Crippen molar-refractivity contribution in [3.05, 3.63) is 0 Å². The first kappa shape index (κ1) is 8.83. The molecule has 1 aliphatic rings. The van der Waals surface area contributed by atoms with Crippen LogP contribution in [0.1, 0.15) is 19.8 Å². The van der Waals surface area contributed by atoms with Crippen LogP contribution in [0.3, 0.4) is 0 Å². The average Bonchev–Trinajstić information content (AvgIpc) is 2.33. The van der Waals surface area contributed by atoms with Crippen LogP contribution in [0, 0.1) is 0 Å². The van der Waals surface area contributed by atoms with E-state index in [0.717, 1.165) is 11.3 Å². The van der Waals surface area contributed by atoms with Crippen LogP contribution in [-0.2, 0) is 9.53 Å². The van der Waals surface area contributed by atoms with Crippen LogP contribution >= 0.6 is 0 Å². The van der Waals surface area contributed by atoms with Gasteiger partial charge in [-0.1, -0.05) is 0 Å². The number of esters is 1. The van der Waals surface area contributed by atoms with Gasteiger partial charge in [0.15, 0.2) is 6.23 Å². The number of rotatable bonds is 1. The molecule has 0 aliphatic carbocycles. The summed E-state index contributed by atoms with van der Waals surface area (Å²) in [5.41, 5.74) is 0. The minimum Gasteiger partial charge on any atom is -0.465 e. The molecule has 0 aromatic rings.